The van der Waals surface area contributed by atoms with Gasteiger partial charge in [0, 0.05) is 0 Å². The summed E-state index contributed by atoms with van der Waals surface area (Å²) in [6.07, 6.45) is -3.59. The van der Waals surface area contributed by atoms with Gasteiger partial charge in [-0.25, -0.2) is 4.79 Å². The molecule has 0 bridgehead atoms. The number of aliphatic hydroxyl groups excluding tert-OH is 1. The van der Waals surface area contributed by atoms with Gasteiger partial charge in [0.05, 0.1) is 18.2 Å². The minimum atomic E-state index is -5.08. The number of hydrogen-bond acceptors (Lipinski definition) is 4. The monoisotopic (exact) mass is 231 g/mol. The summed E-state index contributed by atoms with van der Waals surface area (Å²) in [5.74, 6) is -2.76. The summed E-state index contributed by atoms with van der Waals surface area (Å²) in [4.78, 5) is 8.90. The Balaban J connectivity index is 0.000000265. The molecule has 0 unspecified atom stereocenters. The summed E-state index contributed by atoms with van der Waals surface area (Å²) in [7, 11) is 0. The molecule has 1 aliphatic rings. The smallest absolute Gasteiger partial charge is 0.475 e. The van der Waals surface area contributed by atoms with Gasteiger partial charge in [0.15, 0.2) is 0 Å². The Hall–Kier alpha value is -0.860. The molecule has 8 heteroatoms. The Morgan fingerprint density at radius 3 is 1.87 bits per heavy atom. The van der Waals surface area contributed by atoms with Crippen LogP contribution in [-0.4, -0.2) is 45.7 Å². The Labute approximate surface area is 83.3 Å². The molecule has 0 aromatic carbocycles. The number of nitrogens with two attached hydrogens (primary N) is 1. The molecule has 1 atom stereocenters. The second kappa shape index (κ2) is 4.77. The Morgan fingerprint density at radius 1 is 1.47 bits per heavy atom. The lowest BCUT2D eigenvalue weighted by atomic mass is 10.2. The molecular weight excluding hydrogens is 219 g/mol. The fraction of sp³-hybridized carbons (Fsp3) is 0.857. The van der Waals surface area contributed by atoms with Gasteiger partial charge >= 0.3 is 12.1 Å². The number of hydrogen-bond donors (Lipinski definition) is 4. The standard InChI is InChI=1S/C5H11NO2.C2HF3O2/c6-4(3-7)5(8)1-2-5;3-2(4,5)1(6)7/h4,7-8H,1-3,6H2;(H,6,7)/t4-;/m0./s1. The first-order valence-corrected chi connectivity index (χ1v) is 4.02. The van der Waals surface area contributed by atoms with E-state index in [9.17, 15) is 13.2 Å². The van der Waals surface area contributed by atoms with Gasteiger partial charge in [0.25, 0.3) is 0 Å². The van der Waals surface area contributed by atoms with E-state index in [1.807, 2.05) is 0 Å². The SMILES string of the molecule is N[C@@H](CO)C1(O)CC1.O=C(O)C(F)(F)F. The zero-order valence-electron chi connectivity index (χ0n) is 7.66. The van der Waals surface area contributed by atoms with Crippen molar-refractivity contribution in [1.82, 2.24) is 0 Å². The van der Waals surface area contributed by atoms with Crippen LogP contribution in [0.2, 0.25) is 0 Å². The van der Waals surface area contributed by atoms with Crippen LogP contribution in [-0.2, 0) is 4.79 Å². The lowest BCUT2D eigenvalue weighted by molar-refractivity contribution is -0.192. The number of aliphatic carboxylic acids is 1. The van der Waals surface area contributed by atoms with Crippen LogP contribution < -0.4 is 5.73 Å². The molecule has 5 nitrogen and oxygen atoms in total. The summed E-state index contributed by atoms with van der Waals surface area (Å²) < 4.78 is 31.7. The average molecular weight is 231 g/mol. The number of carboxylic acids is 1. The van der Waals surface area contributed by atoms with Gasteiger partial charge in [-0.15, -0.1) is 0 Å². The maximum absolute atomic E-state index is 10.6. The Bertz CT molecular complexity index is 227. The number of rotatable bonds is 2. The van der Waals surface area contributed by atoms with Crippen LogP contribution in [0.5, 0.6) is 0 Å². The van der Waals surface area contributed by atoms with Crippen molar-refractivity contribution in [2.24, 2.45) is 5.73 Å². The Morgan fingerprint density at radius 2 is 1.80 bits per heavy atom. The van der Waals surface area contributed by atoms with Crippen molar-refractivity contribution < 1.29 is 33.3 Å². The molecule has 90 valence electrons. The van der Waals surface area contributed by atoms with Crippen molar-refractivity contribution in [3.05, 3.63) is 0 Å². The fourth-order valence-electron chi connectivity index (χ4n) is 0.669. The van der Waals surface area contributed by atoms with Crippen molar-refractivity contribution in [2.75, 3.05) is 6.61 Å². The molecule has 1 fully saturated rings. The minimum absolute atomic E-state index is 0.115. The number of alkyl halides is 3. The fourth-order valence-corrected chi connectivity index (χ4v) is 0.669. The van der Waals surface area contributed by atoms with E-state index in [2.05, 4.69) is 0 Å². The normalized spacial score (nSPS) is 19.9. The van der Waals surface area contributed by atoms with Crippen LogP contribution in [0, 0.1) is 0 Å². The molecule has 1 aliphatic carbocycles. The van der Waals surface area contributed by atoms with Crippen molar-refractivity contribution >= 4 is 5.97 Å². The summed E-state index contributed by atoms with van der Waals surface area (Å²) in [6.45, 7) is -0.115. The van der Waals surface area contributed by atoms with E-state index < -0.39 is 23.8 Å². The summed E-state index contributed by atoms with van der Waals surface area (Å²) in [5, 5.41) is 24.7. The molecule has 5 N–H and O–H groups in total. The largest absolute Gasteiger partial charge is 0.490 e. The van der Waals surface area contributed by atoms with Gasteiger partial charge in [-0.3, -0.25) is 0 Å². The van der Waals surface area contributed by atoms with E-state index in [0.717, 1.165) is 12.8 Å². The highest BCUT2D eigenvalue weighted by atomic mass is 19.4. The van der Waals surface area contributed by atoms with Gasteiger partial charge < -0.3 is 21.1 Å². The average Bonchev–Trinajstić information content (AvgIpc) is 2.83. The van der Waals surface area contributed by atoms with Crippen LogP contribution in [0.1, 0.15) is 12.8 Å². The second-order valence-electron chi connectivity index (χ2n) is 3.20. The summed E-state index contributed by atoms with van der Waals surface area (Å²) >= 11 is 0. The van der Waals surface area contributed by atoms with Crippen molar-refractivity contribution in [1.29, 1.82) is 0 Å². The highest BCUT2D eigenvalue weighted by Crippen LogP contribution is 2.37. The van der Waals surface area contributed by atoms with E-state index in [4.69, 9.17) is 25.8 Å². The van der Waals surface area contributed by atoms with E-state index in [-0.39, 0.29) is 6.61 Å². The number of halogens is 3. The van der Waals surface area contributed by atoms with Gasteiger partial charge in [-0.1, -0.05) is 0 Å². The molecule has 0 amide bonds. The van der Waals surface area contributed by atoms with Crippen molar-refractivity contribution in [3.63, 3.8) is 0 Å². The summed E-state index contributed by atoms with van der Waals surface area (Å²) in [5.41, 5.74) is 4.60. The molecule has 0 radical (unpaired) electrons. The third-order valence-electron chi connectivity index (χ3n) is 1.89. The third-order valence-corrected chi connectivity index (χ3v) is 1.89. The van der Waals surface area contributed by atoms with E-state index in [1.165, 1.54) is 0 Å². The highest BCUT2D eigenvalue weighted by molar-refractivity contribution is 5.73. The maximum Gasteiger partial charge on any atom is 0.490 e. The predicted octanol–water partition coefficient (Wildman–Crippen LogP) is -0.536. The molecule has 0 saturated heterocycles. The molecule has 0 aromatic heterocycles. The zero-order valence-corrected chi connectivity index (χ0v) is 7.66. The van der Waals surface area contributed by atoms with Gasteiger partial charge in [0.2, 0.25) is 0 Å². The second-order valence-corrected chi connectivity index (χ2v) is 3.20. The van der Waals surface area contributed by atoms with Gasteiger partial charge in [0.1, 0.15) is 0 Å². The van der Waals surface area contributed by atoms with E-state index in [0.29, 0.717) is 0 Å². The van der Waals surface area contributed by atoms with Crippen LogP contribution in [0.3, 0.4) is 0 Å². The third kappa shape index (κ3) is 4.96. The first-order valence-electron chi connectivity index (χ1n) is 4.02. The van der Waals surface area contributed by atoms with Crippen molar-refractivity contribution in [2.45, 2.75) is 30.7 Å². The zero-order chi connectivity index (χ0) is 12.3. The predicted molar refractivity (Wildman–Crippen MR) is 42.9 cm³/mol. The number of carboxylic acid groups (broad SMARTS) is 1. The Kier molecular flexibility index (Phi) is 4.50. The molecule has 15 heavy (non-hydrogen) atoms. The van der Waals surface area contributed by atoms with Crippen LogP contribution >= 0.6 is 0 Å². The maximum atomic E-state index is 10.6. The van der Waals surface area contributed by atoms with Crippen LogP contribution in [0.15, 0.2) is 0 Å². The van der Waals surface area contributed by atoms with Crippen LogP contribution in [0.25, 0.3) is 0 Å². The molecule has 1 saturated carbocycles. The van der Waals surface area contributed by atoms with E-state index in [1.54, 1.807) is 0 Å². The molecule has 1 rings (SSSR count). The lowest BCUT2D eigenvalue weighted by Crippen LogP contribution is -2.39. The van der Waals surface area contributed by atoms with Gasteiger partial charge in [-0.2, -0.15) is 13.2 Å². The molecule has 0 aliphatic heterocycles. The van der Waals surface area contributed by atoms with Crippen LogP contribution in [0.4, 0.5) is 13.2 Å². The molecule has 0 spiro atoms. The first-order chi connectivity index (χ1) is 6.63. The first kappa shape index (κ1) is 14.1. The molecule has 0 heterocycles. The lowest BCUT2D eigenvalue weighted by Gasteiger charge is -2.13. The quantitative estimate of drug-likeness (QED) is 0.511. The summed E-state index contributed by atoms with van der Waals surface area (Å²) in [6, 6.07) is -0.428. The molecular formula is C7H12F3NO4. The molecule has 0 aromatic rings. The number of aliphatic hydroxyl groups is 2. The topological polar surface area (TPSA) is 104 Å². The minimum Gasteiger partial charge on any atom is -0.475 e. The van der Waals surface area contributed by atoms with Crippen molar-refractivity contribution in [3.8, 4) is 0 Å². The van der Waals surface area contributed by atoms with Gasteiger partial charge in [-0.05, 0) is 12.8 Å². The highest BCUT2D eigenvalue weighted by Gasteiger charge is 2.45. The number of carbonyl (C=O) groups is 1. The van der Waals surface area contributed by atoms with E-state index >= 15 is 0 Å².